The Morgan fingerprint density at radius 3 is 2.58 bits per heavy atom. The molecule has 0 atom stereocenters. The molecule has 0 unspecified atom stereocenters. The van der Waals surface area contributed by atoms with Gasteiger partial charge >= 0.3 is 0 Å². The molecule has 0 aliphatic carbocycles. The van der Waals surface area contributed by atoms with Gasteiger partial charge in [0, 0.05) is 18.3 Å². The van der Waals surface area contributed by atoms with Crippen LogP contribution in [0.25, 0.3) is 0 Å². The summed E-state index contributed by atoms with van der Waals surface area (Å²) in [5.41, 5.74) is 0.992. The number of carbonyl (C=O) groups excluding carboxylic acids is 1. The van der Waals surface area contributed by atoms with Gasteiger partial charge < -0.3 is 14.8 Å². The molecule has 0 saturated heterocycles. The summed E-state index contributed by atoms with van der Waals surface area (Å²) in [7, 11) is 3.20. The smallest absolute Gasteiger partial charge is 0.220 e. The van der Waals surface area contributed by atoms with E-state index in [1.807, 2.05) is 18.2 Å². The van der Waals surface area contributed by atoms with Crippen molar-refractivity contribution in [2.45, 2.75) is 25.8 Å². The lowest BCUT2D eigenvalue weighted by atomic mass is 10.2. The zero-order valence-electron chi connectivity index (χ0n) is 11.4. The van der Waals surface area contributed by atoms with Gasteiger partial charge in [0.25, 0.3) is 0 Å². The molecule has 0 fully saturated rings. The molecule has 1 aromatic rings. The summed E-state index contributed by atoms with van der Waals surface area (Å²) in [5, 5.41) is 3.84. The number of amides is 1. The maximum absolute atomic E-state index is 11.6. The second kappa shape index (κ2) is 8.80. The van der Waals surface area contributed by atoms with Crippen molar-refractivity contribution in [3.05, 3.63) is 23.8 Å². The largest absolute Gasteiger partial charge is 0.493 e. The zero-order valence-corrected chi connectivity index (χ0v) is 13.0. The Morgan fingerprint density at radius 1 is 1.21 bits per heavy atom. The van der Waals surface area contributed by atoms with Crippen LogP contribution >= 0.6 is 15.9 Å². The number of rotatable bonds is 8. The number of ether oxygens (including phenoxy) is 2. The van der Waals surface area contributed by atoms with Crippen LogP contribution in [-0.2, 0) is 11.3 Å². The van der Waals surface area contributed by atoms with E-state index in [0.29, 0.717) is 24.5 Å². The Morgan fingerprint density at radius 2 is 1.95 bits per heavy atom. The Hall–Kier alpha value is -1.23. The summed E-state index contributed by atoms with van der Waals surface area (Å²) in [4.78, 5) is 11.6. The normalized spacial score (nSPS) is 10.1. The van der Waals surface area contributed by atoms with Crippen LogP contribution in [0.15, 0.2) is 18.2 Å². The topological polar surface area (TPSA) is 47.6 Å². The highest BCUT2D eigenvalue weighted by Crippen LogP contribution is 2.27. The second-order valence-corrected chi connectivity index (χ2v) is 4.91. The number of methoxy groups -OCH3 is 2. The molecule has 0 aliphatic heterocycles. The van der Waals surface area contributed by atoms with E-state index >= 15 is 0 Å². The van der Waals surface area contributed by atoms with Crippen molar-refractivity contribution in [3.63, 3.8) is 0 Å². The van der Waals surface area contributed by atoms with Crippen LogP contribution in [0.2, 0.25) is 0 Å². The standard InChI is InChI=1S/C14H20BrNO3/c1-18-12-7-6-11(9-13(12)19-2)10-16-14(17)5-3-4-8-15/h6-7,9H,3-5,8,10H2,1-2H3,(H,16,17). The molecule has 1 N–H and O–H groups in total. The average molecular weight is 330 g/mol. The van der Waals surface area contributed by atoms with E-state index in [0.717, 1.165) is 23.7 Å². The van der Waals surface area contributed by atoms with Crippen LogP contribution < -0.4 is 14.8 Å². The third-order valence-electron chi connectivity index (χ3n) is 2.73. The predicted octanol–water partition coefficient (Wildman–Crippen LogP) is 2.89. The maximum Gasteiger partial charge on any atom is 0.220 e. The summed E-state index contributed by atoms with van der Waals surface area (Å²) in [6.07, 6.45) is 2.49. The van der Waals surface area contributed by atoms with E-state index in [4.69, 9.17) is 9.47 Å². The van der Waals surface area contributed by atoms with Gasteiger partial charge in [-0.15, -0.1) is 0 Å². The van der Waals surface area contributed by atoms with Crippen LogP contribution in [0.4, 0.5) is 0 Å². The van der Waals surface area contributed by atoms with Gasteiger partial charge in [-0.05, 0) is 30.5 Å². The average Bonchev–Trinajstić information content (AvgIpc) is 2.45. The van der Waals surface area contributed by atoms with E-state index in [1.165, 1.54) is 0 Å². The third kappa shape index (κ3) is 5.51. The Kier molecular flexibility index (Phi) is 7.33. The molecule has 5 heteroatoms. The minimum atomic E-state index is 0.0794. The highest BCUT2D eigenvalue weighted by molar-refractivity contribution is 9.09. The summed E-state index contributed by atoms with van der Waals surface area (Å²) in [5.74, 6) is 1.44. The molecule has 106 valence electrons. The molecule has 0 heterocycles. The van der Waals surface area contributed by atoms with E-state index in [9.17, 15) is 4.79 Å². The Bertz CT molecular complexity index is 410. The van der Waals surface area contributed by atoms with Gasteiger partial charge in [0.2, 0.25) is 5.91 Å². The molecule has 1 rings (SSSR count). The molecule has 0 spiro atoms. The van der Waals surface area contributed by atoms with Crippen LogP contribution in [0.1, 0.15) is 24.8 Å². The molecule has 1 amide bonds. The van der Waals surface area contributed by atoms with Gasteiger partial charge in [0.15, 0.2) is 11.5 Å². The minimum absolute atomic E-state index is 0.0794. The van der Waals surface area contributed by atoms with E-state index in [-0.39, 0.29) is 5.91 Å². The lowest BCUT2D eigenvalue weighted by molar-refractivity contribution is -0.121. The van der Waals surface area contributed by atoms with Crippen molar-refractivity contribution >= 4 is 21.8 Å². The summed E-state index contributed by atoms with van der Waals surface area (Å²) < 4.78 is 10.4. The first kappa shape index (κ1) is 15.8. The number of alkyl halides is 1. The van der Waals surface area contributed by atoms with Crippen molar-refractivity contribution in [1.82, 2.24) is 5.32 Å². The lowest BCUT2D eigenvalue weighted by Gasteiger charge is -2.10. The number of unbranched alkanes of at least 4 members (excludes halogenated alkanes) is 1. The maximum atomic E-state index is 11.6. The van der Waals surface area contributed by atoms with Crippen LogP contribution in [0.3, 0.4) is 0 Å². The van der Waals surface area contributed by atoms with E-state index in [1.54, 1.807) is 14.2 Å². The fourth-order valence-electron chi connectivity index (χ4n) is 1.66. The van der Waals surface area contributed by atoms with Crippen molar-refractivity contribution < 1.29 is 14.3 Å². The molecule has 1 aromatic carbocycles. The quantitative estimate of drug-likeness (QED) is 0.589. The van der Waals surface area contributed by atoms with Crippen molar-refractivity contribution in [3.8, 4) is 11.5 Å². The third-order valence-corrected chi connectivity index (χ3v) is 3.29. The lowest BCUT2D eigenvalue weighted by Crippen LogP contribution is -2.22. The first-order chi connectivity index (χ1) is 9.21. The molecular weight excluding hydrogens is 310 g/mol. The highest BCUT2D eigenvalue weighted by Gasteiger charge is 2.06. The minimum Gasteiger partial charge on any atom is -0.493 e. The van der Waals surface area contributed by atoms with Crippen LogP contribution in [0, 0.1) is 0 Å². The molecule has 0 bridgehead atoms. The summed E-state index contributed by atoms with van der Waals surface area (Å²) in [6, 6.07) is 5.63. The Balaban J connectivity index is 2.47. The molecule has 0 aromatic heterocycles. The summed E-state index contributed by atoms with van der Waals surface area (Å²) >= 11 is 3.35. The van der Waals surface area contributed by atoms with Gasteiger partial charge in [0.1, 0.15) is 0 Å². The van der Waals surface area contributed by atoms with Gasteiger partial charge in [-0.3, -0.25) is 4.79 Å². The number of hydrogen-bond donors (Lipinski definition) is 1. The van der Waals surface area contributed by atoms with E-state index in [2.05, 4.69) is 21.2 Å². The number of halogens is 1. The number of nitrogens with one attached hydrogen (secondary N) is 1. The first-order valence-electron chi connectivity index (χ1n) is 6.24. The van der Waals surface area contributed by atoms with Crippen molar-refractivity contribution in [2.75, 3.05) is 19.5 Å². The molecule has 4 nitrogen and oxygen atoms in total. The van der Waals surface area contributed by atoms with Crippen molar-refractivity contribution in [2.24, 2.45) is 0 Å². The fourth-order valence-corrected chi connectivity index (χ4v) is 2.06. The number of hydrogen-bond acceptors (Lipinski definition) is 3. The van der Waals surface area contributed by atoms with Crippen molar-refractivity contribution in [1.29, 1.82) is 0 Å². The molecule has 0 saturated carbocycles. The molecule has 0 aliphatic rings. The van der Waals surface area contributed by atoms with Gasteiger partial charge in [0.05, 0.1) is 14.2 Å². The van der Waals surface area contributed by atoms with Gasteiger partial charge in [-0.2, -0.15) is 0 Å². The molecule has 0 radical (unpaired) electrons. The zero-order chi connectivity index (χ0) is 14.1. The highest BCUT2D eigenvalue weighted by atomic mass is 79.9. The van der Waals surface area contributed by atoms with E-state index < -0.39 is 0 Å². The van der Waals surface area contributed by atoms with Crippen LogP contribution in [0.5, 0.6) is 11.5 Å². The number of carbonyl (C=O) groups is 1. The van der Waals surface area contributed by atoms with Gasteiger partial charge in [-0.1, -0.05) is 22.0 Å². The van der Waals surface area contributed by atoms with Gasteiger partial charge in [-0.25, -0.2) is 0 Å². The molecule has 19 heavy (non-hydrogen) atoms. The predicted molar refractivity (Wildman–Crippen MR) is 79.0 cm³/mol. The fraction of sp³-hybridized carbons (Fsp3) is 0.500. The first-order valence-corrected chi connectivity index (χ1v) is 7.37. The monoisotopic (exact) mass is 329 g/mol. The Labute approximate surface area is 122 Å². The molecular formula is C14H20BrNO3. The number of benzene rings is 1. The SMILES string of the molecule is COc1ccc(CNC(=O)CCCCBr)cc1OC. The van der Waals surface area contributed by atoms with Crippen LogP contribution in [-0.4, -0.2) is 25.5 Å². The summed E-state index contributed by atoms with van der Waals surface area (Å²) in [6.45, 7) is 0.507. The second-order valence-electron chi connectivity index (χ2n) is 4.11.